The van der Waals surface area contributed by atoms with Gasteiger partial charge in [0.15, 0.2) is 0 Å². The standard InChI is InChI=1S/C11H25NO3SSi/c1-4-12(5-2)11-17(13-6-3)14-7-9-16-10-8-15-17/h4-11H2,1-3H3. The molecular weight excluding hydrogens is 254 g/mol. The smallest absolute Gasteiger partial charge is 0.373 e. The predicted molar refractivity (Wildman–Crippen MR) is 74.4 cm³/mol. The molecule has 0 atom stereocenters. The van der Waals surface area contributed by atoms with Crippen molar-refractivity contribution in [1.29, 1.82) is 0 Å². The summed E-state index contributed by atoms with van der Waals surface area (Å²) in [6.45, 7) is 10.5. The maximum absolute atomic E-state index is 5.98. The van der Waals surface area contributed by atoms with Crippen LogP contribution in [-0.4, -0.2) is 64.3 Å². The summed E-state index contributed by atoms with van der Waals surface area (Å²) in [4.78, 5) is 2.33. The predicted octanol–water partition coefficient (Wildman–Crippen LogP) is 1.62. The lowest BCUT2D eigenvalue weighted by Gasteiger charge is -2.34. The van der Waals surface area contributed by atoms with Crippen LogP contribution in [0.4, 0.5) is 0 Å². The Morgan fingerprint density at radius 3 is 2.18 bits per heavy atom. The Bertz CT molecular complexity index is 197. The van der Waals surface area contributed by atoms with Crippen molar-refractivity contribution in [3.05, 3.63) is 0 Å². The molecule has 1 heterocycles. The monoisotopic (exact) mass is 279 g/mol. The topological polar surface area (TPSA) is 30.9 Å². The number of nitrogens with zero attached hydrogens (tertiary/aromatic N) is 1. The number of hydrogen-bond acceptors (Lipinski definition) is 5. The van der Waals surface area contributed by atoms with Gasteiger partial charge in [-0.3, -0.25) is 4.90 Å². The van der Waals surface area contributed by atoms with Crippen molar-refractivity contribution in [1.82, 2.24) is 4.90 Å². The second-order valence-electron chi connectivity index (χ2n) is 3.89. The van der Waals surface area contributed by atoms with Crippen LogP contribution in [0.5, 0.6) is 0 Å². The molecule has 0 saturated carbocycles. The third-order valence-corrected chi connectivity index (χ3v) is 6.54. The van der Waals surface area contributed by atoms with Gasteiger partial charge in [0.1, 0.15) is 0 Å². The largest absolute Gasteiger partial charge is 0.515 e. The van der Waals surface area contributed by atoms with Gasteiger partial charge in [0.05, 0.1) is 6.17 Å². The maximum atomic E-state index is 5.98. The summed E-state index contributed by atoms with van der Waals surface area (Å²) in [5.74, 6) is 2.09. The molecule has 0 aromatic carbocycles. The molecule has 6 heteroatoms. The van der Waals surface area contributed by atoms with Gasteiger partial charge in [-0.05, 0) is 20.0 Å². The highest BCUT2D eigenvalue weighted by molar-refractivity contribution is 7.99. The highest BCUT2D eigenvalue weighted by Crippen LogP contribution is 2.16. The van der Waals surface area contributed by atoms with Crippen LogP contribution in [0.3, 0.4) is 0 Å². The van der Waals surface area contributed by atoms with Gasteiger partial charge < -0.3 is 13.3 Å². The van der Waals surface area contributed by atoms with Crippen LogP contribution in [0.25, 0.3) is 0 Å². The third kappa shape index (κ3) is 5.28. The average Bonchev–Trinajstić information content (AvgIpc) is 2.31. The lowest BCUT2D eigenvalue weighted by molar-refractivity contribution is 0.0576. The summed E-state index contributed by atoms with van der Waals surface area (Å²) in [6, 6.07) is 0. The fraction of sp³-hybridized carbons (Fsp3) is 1.00. The van der Waals surface area contributed by atoms with E-state index in [9.17, 15) is 0 Å². The molecule has 0 radical (unpaired) electrons. The molecule has 0 N–H and O–H groups in total. The van der Waals surface area contributed by atoms with Gasteiger partial charge in [0, 0.05) is 31.3 Å². The Labute approximate surface area is 110 Å². The zero-order valence-electron chi connectivity index (χ0n) is 11.2. The van der Waals surface area contributed by atoms with Crippen molar-refractivity contribution in [2.75, 3.05) is 50.6 Å². The molecule has 1 saturated heterocycles. The fourth-order valence-electron chi connectivity index (χ4n) is 1.82. The molecule has 1 aliphatic rings. The SMILES string of the molecule is CCO[Si]1(CN(CC)CC)OCCSCCO1. The Balaban J connectivity index is 2.62. The lowest BCUT2D eigenvalue weighted by Crippen LogP contribution is -2.56. The van der Waals surface area contributed by atoms with Crippen LogP contribution in [0, 0.1) is 0 Å². The van der Waals surface area contributed by atoms with E-state index in [1.54, 1.807) is 0 Å². The first-order valence-corrected chi connectivity index (χ1v) is 9.57. The molecule has 0 spiro atoms. The molecule has 0 aromatic rings. The van der Waals surface area contributed by atoms with E-state index in [0.717, 1.165) is 44.0 Å². The van der Waals surface area contributed by atoms with E-state index in [4.69, 9.17) is 13.3 Å². The molecule has 4 nitrogen and oxygen atoms in total. The fourth-order valence-corrected chi connectivity index (χ4v) is 5.50. The summed E-state index contributed by atoms with van der Waals surface area (Å²) < 4.78 is 17.8. The van der Waals surface area contributed by atoms with E-state index in [1.165, 1.54) is 0 Å². The molecule has 102 valence electrons. The van der Waals surface area contributed by atoms with Crippen molar-refractivity contribution in [2.45, 2.75) is 20.8 Å². The van der Waals surface area contributed by atoms with Crippen LogP contribution in [0.15, 0.2) is 0 Å². The second kappa shape index (κ2) is 8.50. The van der Waals surface area contributed by atoms with Crippen LogP contribution in [0.2, 0.25) is 0 Å². The van der Waals surface area contributed by atoms with Gasteiger partial charge in [0.25, 0.3) is 0 Å². The van der Waals surface area contributed by atoms with E-state index in [-0.39, 0.29) is 0 Å². The Hall–Kier alpha value is 0.407. The molecule has 0 amide bonds. The molecule has 1 rings (SSSR count). The molecule has 17 heavy (non-hydrogen) atoms. The Morgan fingerprint density at radius 1 is 1.12 bits per heavy atom. The van der Waals surface area contributed by atoms with Crippen LogP contribution < -0.4 is 0 Å². The zero-order valence-corrected chi connectivity index (χ0v) is 13.1. The number of thioether (sulfide) groups is 1. The average molecular weight is 279 g/mol. The summed E-state index contributed by atoms with van der Waals surface area (Å²) in [5, 5.41) is 0. The molecule has 0 bridgehead atoms. The summed E-state index contributed by atoms with van der Waals surface area (Å²) in [6.07, 6.45) is 0.818. The van der Waals surface area contributed by atoms with Gasteiger partial charge in [-0.25, -0.2) is 0 Å². The van der Waals surface area contributed by atoms with Gasteiger partial charge in [0.2, 0.25) is 0 Å². The van der Waals surface area contributed by atoms with Gasteiger partial charge >= 0.3 is 8.80 Å². The van der Waals surface area contributed by atoms with E-state index in [1.807, 2.05) is 18.7 Å². The Morgan fingerprint density at radius 2 is 1.71 bits per heavy atom. The summed E-state index contributed by atoms with van der Waals surface area (Å²) >= 11 is 1.88. The first-order valence-electron chi connectivity index (χ1n) is 6.48. The minimum atomic E-state index is -2.46. The highest BCUT2D eigenvalue weighted by atomic mass is 32.2. The van der Waals surface area contributed by atoms with E-state index < -0.39 is 8.80 Å². The second-order valence-corrected chi connectivity index (χ2v) is 7.66. The summed E-state index contributed by atoms with van der Waals surface area (Å²) in [7, 11) is -2.46. The third-order valence-electron chi connectivity index (χ3n) is 2.78. The maximum Gasteiger partial charge on any atom is 0.515 e. The van der Waals surface area contributed by atoms with Crippen LogP contribution >= 0.6 is 11.8 Å². The summed E-state index contributed by atoms with van der Waals surface area (Å²) in [5.41, 5.74) is 0. The quantitative estimate of drug-likeness (QED) is 0.690. The van der Waals surface area contributed by atoms with Crippen molar-refractivity contribution in [2.24, 2.45) is 0 Å². The van der Waals surface area contributed by atoms with E-state index in [0.29, 0.717) is 6.61 Å². The number of hydrogen-bond donors (Lipinski definition) is 0. The van der Waals surface area contributed by atoms with Crippen LogP contribution in [-0.2, 0) is 13.3 Å². The zero-order chi connectivity index (χ0) is 12.6. The van der Waals surface area contributed by atoms with E-state index >= 15 is 0 Å². The molecule has 1 fully saturated rings. The first kappa shape index (κ1) is 15.5. The molecular formula is C11H25NO3SSi. The van der Waals surface area contributed by atoms with Crippen molar-refractivity contribution in [3.63, 3.8) is 0 Å². The minimum Gasteiger partial charge on any atom is -0.373 e. The number of rotatable bonds is 6. The Kier molecular flexibility index (Phi) is 7.73. The van der Waals surface area contributed by atoms with Crippen LogP contribution in [0.1, 0.15) is 20.8 Å². The minimum absolute atomic E-state index is 0.667. The van der Waals surface area contributed by atoms with E-state index in [2.05, 4.69) is 18.7 Å². The van der Waals surface area contributed by atoms with Gasteiger partial charge in [-0.15, -0.1) is 0 Å². The highest BCUT2D eigenvalue weighted by Gasteiger charge is 2.43. The lowest BCUT2D eigenvalue weighted by atomic mass is 10.6. The van der Waals surface area contributed by atoms with Crippen molar-refractivity contribution >= 4 is 20.6 Å². The van der Waals surface area contributed by atoms with Gasteiger partial charge in [-0.2, -0.15) is 11.8 Å². The normalized spacial score (nSPS) is 21.2. The molecule has 0 aromatic heterocycles. The molecule has 1 aliphatic heterocycles. The molecule has 0 aliphatic carbocycles. The van der Waals surface area contributed by atoms with Gasteiger partial charge in [-0.1, -0.05) is 13.8 Å². The van der Waals surface area contributed by atoms with Crippen molar-refractivity contribution in [3.8, 4) is 0 Å². The first-order chi connectivity index (χ1) is 8.26. The molecule has 0 unspecified atom stereocenters. The van der Waals surface area contributed by atoms with Crippen molar-refractivity contribution < 1.29 is 13.3 Å².